The van der Waals surface area contributed by atoms with E-state index in [1.807, 2.05) is 0 Å². The minimum absolute atomic E-state index is 0. The van der Waals surface area contributed by atoms with Crippen molar-refractivity contribution in [2.45, 2.75) is 6.43 Å². The highest BCUT2D eigenvalue weighted by Crippen LogP contribution is 2.48. The van der Waals surface area contributed by atoms with Gasteiger partial charge in [-0.05, 0) is 24.9 Å². The van der Waals surface area contributed by atoms with E-state index >= 15 is 0 Å². The molecule has 6 heteroatoms. The summed E-state index contributed by atoms with van der Waals surface area (Å²) in [6, 6.07) is 0. The van der Waals surface area contributed by atoms with Gasteiger partial charge in [-0.15, -0.1) is 12.4 Å². The molecule has 2 fully saturated rings. The van der Waals surface area contributed by atoms with Gasteiger partial charge < -0.3 is 10.6 Å². The Morgan fingerprint density at radius 3 is 2.50 bits per heavy atom. The van der Waals surface area contributed by atoms with Crippen LogP contribution in [0.15, 0.2) is 0 Å². The summed E-state index contributed by atoms with van der Waals surface area (Å²) in [7, 11) is 0. The molecule has 14 heavy (non-hydrogen) atoms. The topological polar surface area (TPSA) is 41.1 Å². The zero-order valence-electron chi connectivity index (χ0n) is 7.50. The van der Waals surface area contributed by atoms with Gasteiger partial charge in [-0.25, -0.2) is 8.78 Å². The van der Waals surface area contributed by atoms with Gasteiger partial charge in [0.15, 0.2) is 0 Å². The number of halogens is 3. The van der Waals surface area contributed by atoms with Gasteiger partial charge in [0.05, 0.1) is 6.54 Å². The van der Waals surface area contributed by atoms with Crippen LogP contribution in [0.2, 0.25) is 0 Å². The third kappa shape index (κ3) is 2.15. The molecule has 1 aliphatic carbocycles. The van der Waals surface area contributed by atoms with Gasteiger partial charge in [-0.1, -0.05) is 0 Å². The van der Waals surface area contributed by atoms with Crippen LogP contribution in [0.4, 0.5) is 8.78 Å². The van der Waals surface area contributed by atoms with Crippen LogP contribution in [-0.2, 0) is 4.79 Å². The molecule has 1 aliphatic heterocycles. The number of fused-ring (bicyclic) bond motifs is 1. The van der Waals surface area contributed by atoms with Gasteiger partial charge in [0.2, 0.25) is 5.91 Å². The lowest BCUT2D eigenvalue weighted by Gasteiger charge is -2.05. The molecule has 82 valence electrons. The Labute approximate surface area is 87.0 Å². The fourth-order valence-corrected chi connectivity index (χ4v) is 2.10. The molecule has 2 aliphatic rings. The van der Waals surface area contributed by atoms with Crippen LogP contribution < -0.4 is 10.6 Å². The SMILES string of the molecule is Cl.O=C(NCC(F)F)C1[C@H]2CNC[C@@H]12. The van der Waals surface area contributed by atoms with Crippen molar-refractivity contribution in [2.75, 3.05) is 19.6 Å². The fourth-order valence-electron chi connectivity index (χ4n) is 2.10. The maximum absolute atomic E-state index is 11.7. The second-order valence-electron chi connectivity index (χ2n) is 3.65. The number of carbonyl (C=O) groups is 1. The lowest BCUT2D eigenvalue weighted by atomic mass is 10.2. The summed E-state index contributed by atoms with van der Waals surface area (Å²) >= 11 is 0. The van der Waals surface area contributed by atoms with Crippen LogP contribution in [0.1, 0.15) is 0 Å². The smallest absolute Gasteiger partial charge is 0.255 e. The monoisotopic (exact) mass is 226 g/mol. The Kier molecular flexibility index (Phi) is 3.66. The average Bonchev–Trinajstić information content (AvgIpc) is 2.56. The number of hydrogen-bond donors (Lipinski definition) is 2. The first-order valence-corrected chi connectivity index (χ1v) is 4.46. The molecule has 0 bridgehead atoms. The van der Waals surface area contributed by atoms with Crippen LogP contribution in [0.5, 0.6) is 0 Å². The molecule has 1 amide bonds. The average molecular weight is 227 g/mol. The van der Waals surface area contributed by atoms with E-state index in [9.17, 15) is 13.6 Å². The predicted molar refractivity (Wildman–Crippen MR) is 49.6 cm³/mol. The molecule has 0 spiro atoms. The van der Waals surface area contributed by atoms with Crippen LogP contribution in [0.25, 0.3) is 0 Å². The molecule has 0 aromatic carbocycles. The Balaban J connectivity index is 0.000000980. The van der Waals surface area contributed by atoms with Crippen molar-refractivity contribution in [3.05, 3.63) is 0 Å². The Morgan fingerprint density at radius 1 is 1.43 bits per heavy atom. The van der Waals surface area contributed by atoms with E-state index in [2.05, 4.69) is 10.6 Å². The van der Waals surface area contributed by atoms with E-state index in [4.69, 9.17) is 0 Å². The molecular formula is C8H13ClF2N2O. The first kappa shape index (κ1) is 11.7. The van der Waals surface area contributed by atoms with E-state index in [-0.39, 0.29) is 24.2 Å². The number of piperidine rings is 1. The van der Waals surface area contributed by atoms with Gasteiger partial charge in [0.1, 0.15) is 0 Å². The molecule has 2 rings (SSSR count). The summed E-state index contributed by atoms with van der Waals surface area (Å²) < 4.78 is 23.5. The van der Waals surface area contributed by atoms with Crippen molar-refractivity contribution < 1.29 is 13.6 Å². The summed E-state index contributed by atoms with van der Waals surface area (Å²) in [6.07, 6.45) is -2.44. The van der Waals surface area contributed by atoms with Crippen molar-refractivity contribution >= 4 is 18.3 Å². The largest absolute Gasteiger partial charge is 0.350 e. The van der Waals surface area contributed by atoms with E-state index < -0.39 is 13.0 Å². The minimum atomic E-state index is -2.44. The normalized spacial score (nSPS) is 33.5. The Bertz CT molecular complexity index is 217. The van der Waals surface area contributed by atoms with Crippen LogP contribution in [-0.4, -0.2) is 32.0 Å². The number of rotatable bonds is 3. The summed E-state index contributed by atoms with van der Waals surface area (Å²) in [6.45, 7) is 1.21. The molecule has 1 unspecified atom stereocenters. The third-order valence-corrected chi connectivity index (χ3v) is 2.83. The lowest BCUT2D eigenvalue weighted by Crippen LogP contribution is -2.32. The van der Waals surface area contributed by atoms with E-state index in [1.165, 1.54) is 0 Å². The minimum Gasteiger partial charge on any atom is -0.350 e. The number of hydrogen-bond acceptors (Lipinski definition) is 2. The van der Waals surface area contributed by atoms with Gasteiger partial charge in [0, 0.05) is 5.92 Å². The summed E-state index contributed by atoms with van der Waals surface area (Å²) in [5.41, 5.74) is 0. The quantitative estimate of drug-likeness (QED) is 0.725. The van der Waals surface area contributed by atoms with Crippen molar-refractivity contribution in [3.8, 4) is 0 Å². The van der Waals surface area contributed by atoms with Crippen molar-refractivity contribution in [1.82, 2.24) is 10.6 Å². The molecular weight excluding hydrogens is 214 g/mol. The first-order valence-electron chi connectivity index (χ1n) is 4.46. The van der Waals surface area contributed by atoms with Gasteiger partial charge in [-0.3, -0.25) is 4.79 Å². The van der Waals surface area contributed by atoms with Crippen molar-refractivity contribution in [1.29, 1.82) is 0 Å². The second kappa shape index (κ2) is 4.40. The van der Waals surface area contributed by atoms with E-state index in [1.54, 1.807) is 0 Å². The standard InChI is InChI=1S/C8H12F2N2O.ClH/c9-6(10)3-12-8(13)7-4-1-11-2-5(4)7;/h4-7,11H,1-3H2,(H,12,13);1H/t4-,5+,7?;. The van der Waals surface area contributed by atoms with Gasteiger partial charge >= 0.3 is 0 Å². The predicted octanol–water partition coefficient (Wildman–Crippen LogP) is 0.255. The molecule has 2 N–H and O–H groups in total. The van der Waals surface area contributed by atoms with Crippen LogP contribution in [0, 0.1) is 17.8 Å². The maximum Gasteiger partial charge on any atom is 0.255 e. The second-order valence-corrected chi connectivity index (χ2v) is 3.65. The number of alkyl halides is 2. The number of carbonyl (C=O) groups excluding carboxylic acids is 1. The summed E-state index contributed by atoms with van der Waals surface area (Å²) in [4.78, 5) is 11.3. The summed E-state index contributed by atoms with van der Waals surface area (Å²) in [5.74, 6) is 0.604. The highest BCUT2D eigenvalue weighted by Gasteiger charge is 2.56. The number of nitrogens with one attached hydrogen (secondary N) is 2. The molecule has 1 saturated carbocycles. The van der Waals surface area contributed by atoms with Crippen molar-refractivity contribution in [3.63, 3.8) is 0 Å². The molecule has 0 aromatic heterocycles. The molecule has 0 aromatic rings. The summed E-state index contributed by atoms with van der Waals surface area (Å²) in [5, 5.41) is 5.40. The molecule has 3 atom stereocenters. The third-order valence-electron chi connectivity index (χ3n) is 2.83. The molecule has 1 heterocycles. The molecule has 0 radical (unpaired) electrons. The van der Waals surface area contributed by atoms with Crippen molar-refractivity contribution in [2.24, 2.45) is 17.8 Å². The van der Waals surface area contributed by atoms with E-state index in [0.717, 1.165) is 13.1 Å². The molecule has 1 saturated heterocycles. The zero-order valence-corrected chi connectivity index (χ0v) is 8.32. The first-order chi connectivity index (χ1) is 6.20. The van der Waals surface area contributed by atoms with E-state index in [0.29, 0.717) is 11.8 Å². The van der Waals surface area contributed by atoms with Crippen LogP contribution in [0.3, 0.4) is 0 Å². The highest BCUT2D eigenvalue weighted by atomic mass is 35.5. The van der Waals surface area contributed by atoms with Gasteiger partial charge in [-0.2, -0.15) is 0 Å². The Hall–Kier alpha value is -0.420. The maximum atomic E-state index is 11.7. The van der Waals surface area contributed by atoms with Gasteiger partial charge in [0.25, 0.3) is 6.43 Å². The number of amides is 1. The van der Waals surface area contributed by atoms with Crippen LogP contribution >= 0.6 is 12.4 Å². The lowest BCUT2D eigenvalue weighted by molar-refractivity contribution is -0.123. The Morgan fingerprint density at radius 2 is 2.00 bits per heavy atom. The highest BCUT2D eigenvalue weighted by molar-refractivity contribution is 5.85. The molecule has 3 nitrogen and oxygen atoms in total. The fraction of sp³-hybridized carbons (Fsp3) is 0.875. The zero-order chi connectivity index (χ0) is 9.42.